The molecular formula is C3H9BrMgO. The lowest BCUT2D eigenvalue weighted by Crippen LogP contribution is -1.73. The summed E-state index contributed by atoms with van der Waals surface area (Å²) < 4.78 is 4.50. The van der Waals surface area contributed by atoms with Crippen LogP contribution in [0, 0.1) is 0 Å². The minimum Gasteiger partial charge on any atom is -0.308 e. The van der Waals surface area contributed by atoms with Gasteiger partial charge in [0.2, 0.25) is 0 Å². The van der Waals surface area contributed by atoms with Crippen molar-refractivity contribution in [2.45, 2.75) is 13.3 Å². The molecule has 0 aromatic carbocycles. The van der Waals surface area contributed by atoms with Gasteiger partial charge in [0.15, 0.2) is 0 Å². The van der Waals surface area contributed by atoms with Crippen LogP contribution in [0.3, 0.4) is 0 Å². The van der Waals surface area contributed by atoms with E-state index in [4.69, 9.17) is 0 Å². The van der Waals surface area contributed by atoms with Crippen LogP contribution >= 0.6 is 16.3 Å². The molecule has 0 aliphatic heterocycles. The van der Waals surface area contributed by atoms with Gasteiger partial charge in [-0.1, -0.05) is 6.92 Å². The van der Waals surface area contributed by atoms with Gasteiger partial charge in [0.25, 0.3) is 0 Å². The van der Waals surface area contributed by atoms with E-state index >= 15 is 0 Å². The Kier molecular flexibility index (Phi) is 16.2. The quantitative estimate of drug-likeness (QED) is 0.550. The maximum absolute atomic E-state index is 4.50. The van der Waals surface area contributed by atoms with E-state index in [1.165, 1.54) is 0 Å². The Morgan fingerprint density at radius 2 is 2.17 bits per heavy atom. The molecule has 0 rings (SSSR count). The van der Waals surface area contributed by atoms with E-state index in [1.807, 2.05) is 0 Å². The molecule has 0 amide bonds. The highest BCUT2D eigenvalue weighted by molar-refractivity contribution is 9.06. The van der Waals surface area contributed by atoms with Gasteiger partial charge in [0.1, 0.15) is 0 Å². The lowest BCUT2D eigenvalue weighted by atomic mass is 10.5. The molecule has 0 unspecified atom stereocenters. The number of halogens is 1. The third-order valence-electron chi connectivity index (χ3n) is 0.281. The van der Waals surface area contributed by atoms with Gasteiger partial charge < -0.3 is 3.83 Å². The van der Waals surface area contributed by atoms with Crippen molar-refractivity contribution in [1.82, 2.24) is 0 Å². The average Bonchev–Trinajstić information content (AvgIpc) is 1.41. The molecule has 0 saturated heterocycles. The Hall–Kier alpha value is 1.21. The summed E-state index contributed by atoms with van der Waals surface area (Å²) >= 11 is 2.81. The van der Waals surface area contributed by atoms with Crippen LogP contribution in [-0.4, -0.2) is 29.7 Å². The fourth-order valence-corrected chi connectivity index (χ4v) is 0.401. The van der Waals surface area contributed by atoms with Gasteiger partial charge in [0.05, 0.1) is 22.9 Å². The number of hydrogen-bond donors (Lipinski definition) is 0. The summed E-state index contributed by atoms with van der Waals surface area (Å²) in [7, 11) is 0. The highest BCUT2D eigenvalue weighted by atomic mass is 79.9. The average molecular weight is 165 g/mol. The molecule has 0 spiro atoms. The highest BCUT2D eigenvalue weighted by Crippen LogP contribution is 1.84. The Balaban J connectivity index is 0. The minimum absolute atomic E-state index is 0. The summed E-state index contributed by atoms with van der Waals surface area (Å²) in [6.07, 6.45) is 1.07. The fourth-order valence-electron chi connectivity index (χ4n) is 0.0772. The van der Waals surface area contributed by atoms with Crippen molar-refractivity contribution in [3.63, 3.8) is 0 Å². The molecule has 0 bridgehead atoms. The van der Waals surface area contributed by atoms with Crippen LogP contribution in [0.4, 0.5) is 0 Å². The van der Waals surface area contributed by atoms with E-state index < -0.39 is 0 Å². The third-order valence-corrected chi connectivity index (χ3v) is 0.605. The molecule has 0 aliphatic carbocycles. The van der Waals surface area contributed by atoms with Gasteiger partial charge >= 0.3 is 23.1 Å². The Morgan fingerprint density at radius 1 is 1.67 bits per heavy atom. The van der Waals surface area contributed by atoms with Crippen LogP contribution < -0.4 is 0 Å². The van der Waals surface area contributed by atoms with Crippen molar-refractivity contribution < 1.29 is 3.83 Å². The second kappa shape index (κ2) is 9.51. The smallest absolute Gasteiger partial charge is 0.308 e. The third kappa shape index (κ3) is 8.96. The van der Waals surface area contributed by atoms with Gasteiger partial charge in [-0.25, -0.2) is 0 Å². The second-order valence-electron chi connectivity index (χ2n) is 0.813. The van der Waals surface area contributed by atoms with Gasteiger partial charge in [-0.2, -0.15) is 0 Å². The summed E-state index contributed by atoms with van der Waals surface area (Å²) in [4.78, 5) is 0. The molecule has 3 heteroatoms. The first-order valence-corrected chi connectivity index (χ1v) is 2.30. The van der Waals surface area contributed by atoms with Crippen molar-refractivity contribution >= 4 is 39.3 Å². The van der Waals surface area contributed by atoms with Crippen molar-refractivity contribution in [3.8, 4) is 0 Å². The van der Waals surface area contributed by atoms with Crippen LogP contribution in [0.5, 0.6) is 0 Å². The molecule has 0 fully saturated rings. The molecule has 6 heavy (non-hydrogen) atoms. The van der Waals surface area contributed by atoms with Gasteiger partial charge in [0, 0.05) is 0 Å². The summed E-state index contributed by atoms with van der Waals surface area (Å²) in [5, 5.41) is 0. The summed E-state index contributed by atoms with van der Waals surface area (Å²) in [5.41, 5.74) is 0. The lowest BCUT2D eigenvalue weighted by molar-refractivity contribution is 0.395. The van der Waals surface area contributed by atoms with Crippen LogP contribution in [-0.2, 0) is 3.83 Å². The molecule has 0 heterocycles. The molecule has 0 N–H and O–H groups in total. The number of hydrogen-bond acceptors (Lipinski definition) is 1. The molecule has 0 aromatic rings. The van der Waals surface area contributed by atoms with Crippen LogP contribution in [0.15, 0.2) is 0 Å². The number of rotatable bonds is 2. The normalized spacial score (nSPS) is 7.00. The predicted molar refractivity (Wildman–Crippen MR) is 33.7 cm³/mol. The minimum atomic E-state index is 0. The molecule has 0 saturated carbocycles. The van der Waals surface area contributed by atoms with Gasteiger partial charge in [-0.3, -0.25) is 0 Å². The fraction of sp³-hybridized carbons (Fsp3) is 1.00. The maximum atomic E-state index is 4.50. The Labute approximate surface area is 63.0 Å². The monoisotopic (exact) mass is 164 g/mol. The Morgan fingerprint density at radius 3 is 2.17 bits per heavy atom. The lowest BCUT2D eigenvalue weighted by Gasteiger charge is -1.80. The van der Waals surface area contributed by atoms with E-state index in [1.54, 1.807) is 0 Å². The van der Waals surface area contributed by atoms with E-state index in [2.05, 4.69) is 27.0 Å². The topological polar surface area (TPSA) is 9.23 Å². The molecule has 0 aromatic heterocycles. The van der Waals surface area contributed by atoms with E-state index in [9.17, 15) is 0 Å². The van der Waals surface area contributed by atoms with E-state index in [-0.39, 0.29) is 23.1 Å². The molecular weight excluding hydrogens is 156 g/mol. The molecule has 0 atom stereocenters. The predicted octanol–water partition coefficient (Wildman–Crippen LogP) is 0.807. The SMILES string of the molecule is CCCOBr.[MgH2]. The zero-order valence-corrected chi connectivity index (χ0v) is 4.79. The molecule has 1 nitrogen and oxygen atoms in total. The highest BCUT2D eigenvalue weighted by Gasteiger charge is 1.68. The molecule has 0 aliphatic rings. The zero-order valence-electron chi connectivity index (χ0n) is 3.20. The van der Waals surface area contributed by atoms with E-state index in [0.717, 1.165) is 13.0 Å². The first-order chi connectivity index (χ1) is 2.41. The van der Waals surface area contributed by atoms with Gasteiger partial charge in [-0.05, 0) is 6.42 Å². The summed E-state index contributed by atoms with van der Waals surface area (Å²) in [6.45, 7) is 2.86. The van der Waals surface area contributed by atoms with Crippen molar-refractivity contribution in [2.24, 2.45) is 0 Å². The Bertz CT molecular complexity index is 18.3. The summed E-state index contributed by atoms with van der Waals surface area (Å²) in [5.74, 6) is 0. The van der Waals surface area contributed by atoms with Crippen molar-refractivity contribution in [3.05, 3.63) is 0 Å². The van der Waals surface area contributed by atoms with Crippen LogP contribution in [0.2, 0.25) is 0 Å². The van der Waals surface area contributed by atoms with Crippen molar-refractivity contribution in [1.29, 1.82) is 0 Å². The van der Waals surface area contributed by atoms with Crippen LogP contribution in [0.1, 0.15) is 13.3 Å². The largest absolute Gasteiger partial charge is 0.316 e. The van der Waals surface area contributed by atoms with Gasteiger partial charge in [-0.15, -0.1) is 0 Å². The second-order valence-corrected chi connectivity index (χ2v) is 1.27. The van der Waals surface area contributed by atoms with E-state index in [0.29, 0.717) is 0 Å². The van der Waals surface area contributed by atoms with Crippen LogP contribution in [0.25, 0.3) is 0 Å². The van der Waals surface area contributed by atoms with Crippen molar-refractivity contribution in [2.75, 3.05) is 6.61 Å². The standard InChI is InChI=1S/C3H7BrO.Mg.2H/c1-2-3-5-4;;;/h2-3H2,1H3;;;. The zero-order chi connectivity index (χ0) is 4.12. The first-order valence-electron chi connectivity index (χ1n) is 1.65. The maximum Gasteiger partial charge on any atom is 0.316 e. The molecule has 0 radical (unpaired) electrons. The first kappa shape index (κ1) is 10.2. The summed E-state index contributed by atoms with van der Waals surface area (Å²) in [6, 6.07) is 0. The molecule has 36 valence electrons.